The Hall–Kier alpha value is -3.14. The topological polar surface area (TPSA) is 60.7 Å². The Labute approximate surface area is 331 Å². The van der Waals surface area contributed by atoms with Crippen LogP contribution in [0.1, 0.15) is 158 Å². The van der Waals surface area contributed by atoms with Crippen LogP contribution in [0.25, 0.3) is 32.7 Å². The van der Waals surface area contributed by atoms with Gasteiger partial charge in [0.15, 0.2) is 0 Å². The van der Waals surface area contributed by atoms with E-state index in [4.69, 9.17) is 0 Å². The SMILES string of the molecule is CC(C)(C)c1cc(C(C)(C)C)c2cc(-c3cc(F)ccc3P(O)(O)(O)c3cc4c(C(C)(C)C)cc(C(C)(C)C)cc4cc3C(C)(C)C)c(C(C)(C)C)cc2c1. The van der Waals surface area contributed by atoms with Crippen LogP contribution >= 0.6 is 7.28 Å². The third-order valence-corrected chi connectivity index (χ3v) is 13.8. The molecule has 5 heteroatoms. The number of rotatable bonds is 3. The van der Waals surface area contributed by atoms with Crippen molar-refractivity contribution in [1.82, 2.24) is 0 Å². The molecule has 0 atom stereocenters. The molecule has 3 nitrogen and oxygen atoms in total. The van der Waals surface area contributed by atoms with Crippen LogP contribution in [0, 0.1) is 5.82 Å². The van der Waals surface area contributed by atoms with E-state index < -0.39 is 23.9 Å². The third kappa shape index (κ3) is 8.18. The van der Waals surface area contributed by atoms with Gasteiger partial charge in [0.05, 0.1) is 0 Å². The maximum atomic E-state index is 15.7. The fraction of sp³-hybridized carbons (Fsp3) is 0.480. The van der Waals surface area contributed by atoms with Gasteiger partial charge in [-0.05, 0) is 0 Å². The second-order valence-corrected chi connectivity index (χ2v) is 25.3. The minimum atomic E-state index is -6.03. The molecule has 0 aromatic heterocycles. The van der Waals surface area contributed by atoms with Gasteiger partial charge in [0.1, 0.15) is 0 Å². The number of hydrogen-bond acceptors (Lipinski definition) is 3. The molecule has 0 fully saturated rings. The van der Waals surface area contributed by atoms with Crippen LogP contribution in [-0.4, -0.2) is 14.7 Å². The summed E-state index contributed by atoms with van der Waals surface area (Å²) in [4.78, 5) is 38.9. The number of fused-ring (bicyclic) bond motifs is 2. The van der Waals surface area contributed by atoms with Crippen LogP contribution in [0.2, 0.25) is 0 Å². The molecule has 5 rings (SSSR count). The first-order valence-electron chi connectivity index (χ1n) is 19.8. The molecule has 0 saturated heterocycles. The van der Waals surface area contributed by atoms with Gasteiger partial charge in [0.2, 0.25) is 0 Å². The van der Waals surface area contributed by atoms with Crippen molar-refractivity contribution in [2.24, 2.45) is 0 Å². The van der Waals surface area contributed by atoms with Gasteiger partial charge >= 0.3 is 333 Å². The van der Waals surface area contributed by atoms with Crippen molar-refractivity contribution in [2.45, 2.75) is 157 Å². The molecule has 0 aliphatic carbocycles. The molecular formula is C50H68FO3P. The van der Waals surface area contributed by atoms with Gasteiger partial charge in [-0.1, -0.05) is 0 Å². The molecule has 0 unspecified atom stereocenters. The van der Waals surface area contributed by atoms with Crippen molar-refractivity contribution in [3.8, 4) is 11.1 Å². The zero-order valence-corrected chi connectivity index (χ0v) is 37.9. The fourth-order valence-electron chi connectivity index (χ4n) is 7.92. The predicted molar refractivity (Wildman–Crippen MR) is 238 cm³/mol. The summed E-state index contributed by atoms with van der Waals surface area (Å²) in [6.07, 6.45) is 0. The van der Waals surface area contributed by atoms with Crippen LogP contribution in [0.5, 0.6) is 0 Å². The number of halogens is 1. The van der Waals surface area contributed by atoms with Crippen LogP contribution < -0.4 is 10.6 Å². The van der Waals surface area contributed by atoms with E-state index in [0.29, 0.717) is 11.1 Å². The summed E-state index contributed by atoms with van der Waals surface area (Å²) in [6.45, 7) is 38.7. The zero-order chi connectivity index (χ0) is 41.9. The molecular weight excluding hydrogens is 699 g/mol. The van der Waals surface area contributed by atoms with Crippen molar-refractivity contribution in [3.63, 3.8) is 0 Å². The molecule has 0 saturated carbocycles. The number of benzene rings is 5. The molecule has 55 heavy (non-hydrogen) atoms. The summed E-state index contributed by atoms with van der Waals surface area (Å²) < 4.78 is 15.7. The van der Waals surface area contributed by atoms with Crippen molar-refractivity contribution < 1.29 is 19.1 Å². The zero-order valence-electron chi connectivity index (χ0n) is 37.0. The Balaban J connectivity index is 1.97. The molecule has 298 valence electrons. The van der Waals surface area contributed by atoms with Crippen molar-refractivity contribution >= 4 is 39.4 Å². The Bertz CT molecular complexity index is 2310. The van der Waals surface area contributed by atoms with E-state index in [1.54, 1.807) is 0 Å². The first-order valence-corrected chi connectivity index (χ1v) is 21.9. The van der Waals surface area contributed by atoms with Gasteiger partial charge in [-0.15, -0.1) is 0 Å². The summed E-state index contributed by atoms with van der Waals surface area (Å²) in [5.74, 6) is -0.524. The van der Waals surface area contributed by atoms with E-state index in [9.17, 15) is 14.7 Å². The van der Waals surface area contributed by atoms with Gasteiger partial charge in [-0.3, -0.25) is 0 Å². The van der Waals surface area contributed by atoms with Gasteiger partial charge in [0, 0.05) is 0 Å². The fourth-order valence-corrected chi connectivity index (χ4v) is 10.4. The molecule has 0 radical (unpaired) electrons. The van der Waals surface area contributed by atoms with Gasteiger partial charge in [0.25, 0.3) is 0 Å². The maximum absolute atomic E-state index is 15.7. The van der Waals surface area contributed by atoms with Crippen molar-refractivity contribution in [3.05, 3.63) is 106 Å². The summed E-state index contributed by atoms with van der Waals surface area (Å²) in [7, 11) is -6.03. The quantitative estimate of drug-likeness (QED) is 0.160. The standard InChI is InChI=1S/C50H68FO3P/c1-45(2,3)32-21-30-23-39(47(7,8)9)37(28-35(30)40(25-32)48(10,11)12)38-27-34(51)19-20-43(38)55(52,53,54)44-29-36-31(24-42(44)50(16,17)18)22-33(46(4,5)6)26-41(36)49(13,14)15/h19-29,52-54H,1-18H3. The summed E-state index contributed by atoms with van der Waals surface area (Å²) in [5, 5.41) is 3.92. The molecule has 0 amide bonds. The Morgan fingerprint density at radius 2 is 0.782 bits per heavy atom. The molecule has 0 spiro atoms. The van der Waals surface area contributed by atoms with Crippen molar-refractivity contribution in [1.29, 1.82) is 0 Å². The second kappa shape index (κ2) is 12.9. The van der Waals surface area contributed by atoms with Gasteiger partial charge in [-0.2, -0.15) is 0 Å². The first-order chi connectivity index (χ1) is 24.5. The molecule has 0 bridgehead atoms. The van der Waals surface area contributed by atoms with E-state index in [0.717, 1.165) is 38.2 Å². The van der Waals surface area contributed by atoms with Crippen LogP contribution in [0.4, 0.5) is 4.39 Å². The normalized spacial score (nSPS) is 14.8. The Morgan fingerprint density at radius 1 is 0.382 bits per heavy atom. The van der Waals surface area contributed by atoms with E-state index in [2.05, 4.69) is 140 Å². The predicted octanol–water partition coefficient (Wildman–Crippen LogP) is 12.8. The number of hydrogen-bond donors (Lipinski definition) is 3. The Kier molecular flexibility index (Phi) is 10.1. The molecule has 0 heterocycles. The molecule has 5 aromatic carbocycles. The average Bonchev–Trinajstić information content (AvgIpc) is 2.99. The van der Waals surface area contributed by atoms with E-state index in [-0.39, 0.29) is 37.8 Å². The minimum absolute atomic E-state index is 0.0747. The van der Waals surface area contributed by atoms with Gasteiger partial charge < -0.3 is 0 Å². The third-order valence-electron chi connectivity index (χ3n) is 11.3. The van der Waals surface area contributed by atoms with Crippen molar-refractivity contribution in [2.75, 3.05) is 0 Å². The molecule has 3 N–H and O–H groups in total. The van der Waals surface area contributed by atoms with Crippen LogP contribution in [-0.2, 0) is 32.5 Å². The van der Waals surface area contributed by atoms with E-state index in [1.807, 2.05) is 32.9 Å². The second-order valence-electron chi connectivity index (χ2n) is 22.4. The van der Waals surface area contributed by atoms with Gasteiger partial charge in [-0.25, -0.2) is 0 Å². The van der Waals surface area contributed by atoms with E-state index in [1.165, 1.54) is 29.3 Å². The molecule has 0 aliphatic rings. The van der Waals surface area contributed by atoms with Crippen LogP contribution in [0.3, 0.4) is 0 Å². The molecule has 5 aromatic rings. The Morgan fingerprint density at radius 3 is 1.18 bits per heavy atom. The van der Waals surface area contributed by atoms with Crippen LogP contribution in [0.15, 0.2) is 66.7 Å². The average molecular weight is 767 g/mol. The van der Waals surface area contributed by atoms with E-state index >= 15 is 4.39 Å². The summed E-state index contributed by atoms with van der Waals surface area (Å²) >= 11 is 0. The monoisotopic (exact) mass is 766 g/mol. The summed E-state index contributed by atoms with van der Waals surface area (Å²) in [6, 6.07) is 21.0. The first kappa shape index (κ1) is 43.0. The molecule has 0 aliphatic heterocycles. The summed E-state index contributed by atoms with van der Waals surface area (Å²) in [5.41, 5.74) is 5.38.